The van der Waals surface area contributed by atoms with E-state index in [0.29, 0.717) is 54.0 Å². The van der Waals surface area contributed by atoms with Gasteiger partial charge in [-0.25, -0.2) is 14.2 Å². The summed E-state index contributed by atoms with van der Waals surface area (Å²) in [5.41, 5.74) is 2.20. The van der Waals surface area contributed by atoms with Crippen LogP contribution in [0.2, 0.25) is 5.02 Å². The quantitative estimate of drug-likeness (QED) is 0.123. The second kappa shape index (κ2) is 16.6. The van der Waals surface area contributed by atoms with Crippen LogP contribution in [0.25, 0.3) is 23.0 Å². The first-order valence-corrected chi connectivity index (χ1v) is 15.9. The van der Waals surface area contributed by atoms with Gasteiger partial charge in [0.05, 0.1) is 42.6 Å². The minimum atomic E-state index is -0.761. The number of anilines is 1. The average Bonchev–Trinajstić information content (AvgIpc) is 3.80. The highest BCUT2D eigenvalue weighted by Gasteiger charge is 2.27. The largest absolute Gasteiger partial charge is 0.467 e. The first kappa shape index (κ1) is 35.6. The highest BCUT2D eigenvalue weighted by molar-refractivity contribution is 6.31. The normalized spacial score (nSPS) is 15.9. The Hall–Kier alpha value is -5.66. The third-order valence-corrected chi connectivity index (χ3v) is 8.18. The molecule has 2 bridgehead atoms. The van der Waals surface area contributed by atoms with Gasteiger partial charge in [0.2, 0.25) is 5.91 Å². The minimum Gasteiger partial charge on any atom is -0.467 e. The molecule has 0 saturated heterocycles. The zero-order valence-corrected chi connectivity index (χ0v) is 27.9. The molecule has 2 aromatic carbocycles. The van der Waals surface area contributed by atoms with Crippen molar-refractivity contribution < 1.29 is 33.0 Å². The number of H-pyrrole nitrogens is 1. The number of nitrogens with zero attached hydrogens (tertiary/aromatic N) is 6. The van der Waals surface area contributed by atoms with Crippen LogP contribution in [0.5, 0.6) is 0 Å². The summed E-state index contributed by atoms with van der Waals surface area (Å²) in [6, 6.07) is 8.65. The lowest BCUT2D eigenvalue weighted by Gasteiger charge is -2.22. The molecule has 0 aliphatic carbocycles. The van der Waals surface area contributed by atoms with Crippen molar-refractivity contribution in [1.29, 1.82) is 5.26 Å². The molecule has 1 amide bonds. The first-order chi connectivity index (χ1) is 24.2. The molecule has 0 spiro atoms. The summed E-state index contributed by atoms with van der Waals surface area (Å²) in [6.45, 7) is 0.372. The topological polar surface area (TPSA) is 199 Å². The maximum atomic E-state index is 15.1. The Morgan fingerprint density at radius 3 is 2.74 bits per heavy atom. The molecule has 2 atom stereocenters. The van der Waals surface area contributed by atoms with Crippen LogP contribution in [0.15, 0.2) is 42.7 Å². The van der Waals surface area contributed by atoms with Crippen LogP contribution >= 0.6 is 11.6 Å². The van der Waals surface area contributed by atoms with Crippen LogP contribution in [0.1, 0.15) is 54.4 Å². The number of halogens is 2. The molecular formula is C33H33ClFN9O6. The molecule has 0 radical (unpaired) electrons. The maximum absolute atomic E-state index is 15.1. The Kier molecular flexibility index (Phi) is 11.9. The number of aromatic amines is 1. The SMILES string of the molecule is COCCOC(=O)Cc1ccc2c(c1)N[C@@H](C(=O)OC)CCCC[C@H](NC(=O)/C=C/c1c(-n3cnnn3)ccc(Cl)c1F)c1nc(C#N)c-2[nH]1. The standard InChI is InChI=1S/C33H33ClFN9O6/c1-48-13-14-50-29(46)16-19-7-8-20-25(15-19)38-24(33(47)49-2)6-4-3-5-23(32-40-26(17-36)31(20)41-32)39-28(45)12-9-21-27(44-18-37-42-43-44)11-10-22(34)30(21)35/h7-12,15,18,23-24,38H,3-6,13-14,16H2,1-2H3,(H,39,45)(H,40,41)/b12-9+/t23-,24+/m0/s1. The molecule has 0 unspecified atom stereocenters. The highest BCUT2D eigenvalue weighted by Crippen LogP contribution is 2.34. The van der Waals surface area contributed by atoms with Crippen molar-refractivity contribution in [3.05, 3.63) is 76.2 Å². The van der Waals surface area contributed by atoms with Gasteiger partial charge >= 0.3 is 11.9 Å². The molecule has 0 fully saturated rings. The van der Waals surface area contributed by atoms with Crippen molar-refractivity contribution in [2.75, 3.05) is 32.8 Å². The highest BCUT2D eigenvalue weighted by atomic mass is 35.5. The number of carbonyl (C=O) groups is 3. The summed E-state index contributed by atoms with van der Waals surface area (Å²) in [4.78, 5) is 46.3. The van der Waals surface area contributed by atoms with Crippen LogP contribution in [0.4, 0.5) is 10.1 Å². The van der Waals surface area contributed by atoms with Crippen LogP contribution in [0.3, 0.4) is 0 Å². The number of imidazole rings is 1. The summed E-state index contributed by atoms with van der Waals surface area (Å²) in [7, 11) is 2.80. The van der Waals surface area contributed by atoms with Gasteiger partial charge in [0, 0.05) is 30.0 Å². The summed E-state index contributed by atoms with van der Waals surface area (Å²) in [6.07, 6.45) is 5.54. The average molecular weight is 706 g/mol. The number of fused-ring (bicyclic) bond motifs is 4. The molecule has 17 heteroatoms. The Morgan fingerprint density at radius 2 is 2.00 bits per heavy atom. The second-order valence-electron chi connectivity index (χ2n) is 11.2. The van der Waals surface area contributed by atoms with Crippen LogP contribution in [-0.2, 0) is 35.0 Å². The fourth-order valence-electron chi connectivity index (χ4n) is 5.45. The van der Waals surface area contributed by atoms with Crippen molar-refractivity contribution >= 4 is 41.2 Å². The number of nitriles is 1. The number of esters is 2. The summed E-state index contributed by atoms with van der Waals surface area (Å²) >= 11 is 6.02. The molecule has 4 aromatic rings. The number of amides is 1. The molecule has 2 aromatic heterocycles. The van der Waals surface area contributed by atoms with Crippen LogP contribution in [0, 0.1) is 17.1 Å². The lowest BCUT2D eigenvalue weighted by Crippen LogP contribution is -2.31. The minimum absolute atomic E-state index is 0.00809. The van der Waals surface area contributed by atoms with Crippen molar-refractivity contribution in [3.63, 3.8) is 0 Å². The summed E-state index contributed by atoms with van der Waals surface area (Å²) in [5, 5.41) is 27.0. The Bertz CT molecular complexity index is 1920. The summed E-state index contributed by atoms with van der Waals surface area (Å²) < 4.78 is 31.5. The third kappa shape index (κ3) is 8.49. The van der Waals surface area contributed by atoms with Crippen molar-refractivity contribution in [2.45, 2.75) is 44.2 Å². The van der Waals surface area contributed by atoms with Crippen molar-refractivity contribution in [1.82, 2.24) is 35.5 Å². The predicted octanol–water partition coefficient (Wildman–Crippen LogP) is 3.85. The number of hydrogen-bond donors (Lipinski definition) is 3. The van der Waals surface area contributed by atoms with Gasteiger partial charge in [-0.15, -0.1) is 5.10 Å². The van der Waals surface area contributed by atoms with Gasteiger partial charge in [-0.2, -0.15) is 9.94 Å². The van der Waals surface area contributed by atoms with Crippen LogP contribution < -0.4 is 10.6 Å². The Morgan fingerprint density at radius 1 is 1.18 bits per heavy atom. The zero-order chi connectivity index (χ0) is 35.6. The lowest BCUT2D eigenvalue weighted by atomic mass is 10.00. The monoisotopic (exact) mass is 705 g/mol. The van der Waals surface area contributed by atoms with E-state index in [4.69, 9.17) is 25.8 Å². The molecule has 3 heterocycles. The molecular weight excluding hydrogens is 673 g/mol. The smallest absolute Gasteiger partial charge is 0.328 e. The number of ether oxygens (including phenoxy) is 3. The van der Waals surface area contributed by atoms with Gasteiger partial charge in [-0.3, -0.25) is 9.59 Å². The number of tetrazole rings is 1. The van der Waals surface area contributed by atoms with Gasteiger partial charge in [-0.1, -0.05) is 36.6 Å². The third-order valence-electron chi connectivity index (χ3n) is 7.88. The number of hydrogen-bond acceptors (Lipinski definition) is 12. The number of methoxy groups -OCH3 is 2. The molecule has 0 saturated carbocycles. The van der Waals surface area contributed by atoms with E-state index in [-0.39, 0.29) is 41.6 Å². The predicted molar refractivity (Wildman–Crippen MR) is 177 cm³/mol. The number of carbonyl (C=O) groups excluding carboxylic acids is 3. The van der Waals surface area contributed by atoms with E-state index in [2.05, 4.69) is 42.2 Å². The molecule has 5 rings (SSSR count). The van der Waals surface area contributed by atoms with E-state index < -0.39 is 35.7 Å². The van der Waals surface area contributed by atoms with Crippen molar-refractivity contribution in [2.24, 2.45) is 0 Å². The van der Waals surface area contributed by atoms with E-state index >= 15 is 4.39 Å². The fourth-order valence-corrected chi connectivity index (χ4v) is 5.61. The molecule has 1 aliphatic rings. The fraction of sp³-hybridized carbons (Fsp3) is 0.333. The molecule has 15 nitrogen and oxygen atoms in total. The van der Waals surface area contributed by atoms with Gasteiger partial charge in [0.25, 0.3) is 0 Å². The number of rotatable bonds is 10. The Balaban J connectivity index is 1.46. The van der Waals surface area contributed by atoms with Gasteiger partial charge in [0.1, 0.15) is 30.9 Å². The van der Waals surface area contributed by atoms with E-state index in [0.717, 1.165) is 6.08 Å². The molecule has 3 N–H and O–H groups in total. The second-order valence-corrected chi connectivity index (χ2v) is 11.6. The van der Waals surface area contributed by atoms with E-state index in [1.165, 1.54) is 43.4 Å². The maximum Gasteiger partial charge on any atom is 0.328 e. The Labute approximate surface area is 290 Å². The van der Waals surface area contributed by atoms with Gasteiger partial charge in [-0.05, 0) is 53.1 Å². The number of benzene rings is 2. The van der Waals surface area contributed by atoms with E-state index in [1.54, 1.807) is 18.2 Å². The first-order valence-electron chi connectivity index (χ1n) is 15.5. The van der Waals surface area contributed by atoms with E-state index in [1.807, 2.05) is 0 Å². The van der Waals surface area contributed by atoms with E-state index in [9.17, 15) is 19.6 Å². The zero-order valence-electron chi connectivity index (χ0n) is 27.1. The van der Waals surface area contributed by atoms with Gasteiger partial charge < -0.3 is 29.8 Å². The van der Waals surface area contributed by atoms with Crippen molar-refractivity contribution in [3.8, 4) is 23.0 Å². The van der Waals surface area contributed by atoms with Gasteiger partial charge in [0.15, 0.2) is 11.5 Å². The number of aromatic nitrogens is 6. The molecule has 50 heavy (non-hydrogen) atoms. The molecule has 260 valence electrons. The number of nitrogens with one attached hydrogen (secondary N) is 3. The van der Waals surface area contributed by atoms with Crippen LogP contribution in [-0.4, -0.2) is 81.5 Å². The summed E-state index contributed by atoms with van der Waals surface area (Å²) in [5.74, 6) is -1.96. The molecule has 1 aliphatic heterocycles. The lowest BCUT2D eigenvalue weighted by molar-refractivity contribution is -0.144.